The largest absolute Gasteiger partial charge is 0.484 e. The molecule has 1 heterocycles. The topological polar surface area (TPSA) is 96.0 Å². The highest BCUT2D eigenvalue weighted by atomic mass is 19.1. The molecule has 9 heteroatoms. The number of halogens is 1. The van der Waals surface area contributed by atoms with Crippen molar-refractivity contribution in [1.82, 2.24) is 10.1 Å². The summed E-state index contributed by atoms with van der Waals surface area (Å²) < 4.78 is 29.1. The van der Waals surface area contributed by atoms with Crippen LogP contribution in [-0.2, 0) is 34.0 Å². The van der Waals surface area contributed by atoms with Gasteiger partial charge in [0.25, 0.3) is 5.89 Å². The van der Waals surface area contributed by atoms with Crippen molar-refractivity contribution in [2.45, 2.75) is 33.5 Å². The molecule has 3 aromatic carbocycles. The average Bonchev–Trinajstić information content (AvgIpc) is 3.41. The van der Waals surface area contributed by atoms with Crippen LogP contribution in [0.4, 0.5) is 4.39 Å². The number of aryl methyl sites for hydroxylation is 1. The van der Waals surface area contributed by atoms with Gasteiger partial charge in [0.15, 0.2) is 6.61 Å². The second kappa shape index (κ2) is 12.6. The zero-order chi connectivity index (χ0) is 26.9. The molecule has 1 atom stereocenters. The smallest absolute Gasteiger partial charge is 0.314 e. The summed E-state index contributed by atoms with van der Waals surface area (Å²) in [5, 5.41) is 8.10. The zero-order valence-corrected chi connectivity index (χ0v) is 21.4. The van der Waals surface area contributed by atoms with Crippen LogP contribution in [0.2, 0.25) is 0 Å². The van der Waals surface area contributed by atoms with E-state index in [-0.39, 0.29) is 19.0 Å². The molecule has 0 radical (unpaired) electrons. The van der Waals surface area contributed by atoms with Crippen LogP contribution in [0, 0.1) is 18.7 Å². The van der Waals surface area contributed by atoms with E-state index in [4.69, 9.17) is 18.8 Å². The van der Waals surface area contributed by atoms with Gasteiger partial charge < -0.3 is 18.8 Å². The fourth-order valence-corrected chi connectivity index (χ4v) is 3.63. The first-order valence-corrected chi connectivity index (χ1v) is 12.0. The molecule has 0 saturated carbocycles. The lowest BCUT2D eigenvalue weighted by molar-refractivity contribution is -0.143. The number of hydrogen-bond acceptors (Lipinski definition) is 8. The van der Waals surface area contributed by atoms with E-state index in [1.54, 1.807) is 31.2 Å². The third-order valence-corrected chi connectivity index (χ3v) is 5.85. The highest BCUT2D eigenvalue weighted by Crippen LogP contribution is 2.20. The molecule has 0 N–H and O–H groups in total. The molecule has 0 aliphatic carbocycles. The van der Waals surface area contributed by atoms with Crippen LogP contribution < -0.4 is 4.74 Å². The standard InChI is InChI=1S/C29H28FN3O5/c1-19-4-10-23(11-5-19)28-31-27(38-33-28)18-36-25-14-8-21(9-15-25)16-26(29(34)35-3)20(2)32-37-17-22-6-12-24(30)13-7-22/h4-15,26H,16-18H2,1-3H3. The molecule has 0 aliphatic heterocycles. The summed E-state index contributed by atoms with van der Waals surface area (Å²) in [5.74, 6) is 0.120. The predicted octanol–water partition coefficient (Wildman–Crippen LogP) is 5.69. The van der Waals surface area contributed by atoms with Gasteiger partial charge in [-0.05, 0) is 55.7 Å². The summed E-state index contributed by atoms with van der Waals surface area (Å²) in [7, 11) is 1.33. The maximum absolute atomic E-state index is 13.1. The van der Waals surface area contributed by atoms with Gasteiger partial charge in [-0.2, -0.15) is 4.98 Å². The van der Waals surface area contributed by atoms with Crippen LogP contribution >= 0.6 is 0 Å². The summed E-state index contributed by atoms with van der Waals surface area (Å²) in [6.45, 7) is 4.00. The molecule has 0 aliphatic rings. The average molecular weight is 518 g/mol. The lowest BCUT2D eigenvalue weighted by Crippen LogP contribution is -2.26. The SMILES string of the molecule is COC(=O)C(Cc1ccc(OCc2nc(-c3ccc(C)cc3)no2)cc1)C(C)=NOCc1ccc(F)cc1. The predicted molar refractivity (Wildman–Crippen MR) is 139 cm³/mol. The van der Waals surface area contributed by atoms with E-state index in [1.807, 2.05) is 43.3 Å². The number of carbonyl (C=O) groups excluding carboxylic acids is 1. The van der Waals surface area contributed by atoms with Crippen molar-refractivity contribution in [3.05, 3.63) is 101 Å². The molecule has 0 amide bonds. The first-order chi connectivity index (χ1) is 18.4. The number of rotatable bonds is 11. The molecule has 8 nitrogen and oxygen atoms in total. The Balaban J connectivity index is 1.33. The van der Waals surface area contributed by atoms with Crippen LogP contribution in [0.25, 0.3) is 11.4 Å². The second-order valence-corrected chi connectivity index (χ2v) is 8.72. The van der Waals surface area contributed by atoms with E-state index in [0.717, 1.165) is 22.3 Å². The monoisotopic (exact) mass is 517 g/mol. The molecule has 0 saturated heterocycles. The Kier molecular flexibility index (Phi) is 8.81. The number of aromatic nitrogens is 2. The van der Waals surface area contributed by atoms with Crippen LogP contribution in [0.3, 0.4) is 0 Å². The van der Waals surface area contributed by atoms with E-state index in [2.05, 4.69) is 15.3 Å². The summed E-state index contributed by atoms with van der Waals surface area (Å²) in [6, 6.07) is 21.1. The maximum Gasteiger partial charge on any atom is 0.314 e. The lowest BCUT2D eigenvalue weighted by Gasteiger charge is -2.15. The summed E-state index contributed by atoms with van der Waals surface area (Å²) in [6.07, 6.45) is 0.367. The highest BCUT2D eigenvalue weighted by Gasteiger charge is 2.24. The molecule has 4 rings (SSSR count). The van der Waals surface area contributed by atoms with Gasteiger partial charge in [0.05, 0.1) is 12.8 Å². The van der Waals surface area contributed by atoms with Crippen molar-refractivity contribution in [2.75, 3.05) is 7.11 Å². The number of oxime groups is 1. The van der Waals surface area contributed by atoms with Crippen molar-refractivity contribution in [3.8, 4) is 17.1 Å². The van der Waals surface area contributed by atoms with Crippen LogP contribution in [0.5, 0.6) is 5.75 Å². The second-order valence-electron chi connectivity index (χ2n) is 8.72. The maximum atomic E-state index is 13.1. The minimum Gasteiger partial charge on any atom is -0.484 e. The molecule has 0 bridgehead atoms. The Labute approximate surface area is 220 Å². The molecular formula is C29H28FN3O5. The molecule has 196 valence electrons. The zero-order valence-electron chi connectivity index (χ0n) is 21.4. The number of ether oxygens (including phenoxy) is 2. The van der Waals surface area contributed by atoms with Gasteiger partial charge >= 0.3 is 5.97 Å². The van der Waals surface area contributed by atoms with E-state index in [9.17, 15) is 9.18 Å². The molecule has 1 unspecified atom stereocenters. The van der Waals surface area contributed by atoms with Crippen LogP contribution in [0.15, 0.2) is 82.5 Å². The van der Waals surface area contributed by atoms with Gasteiger partial charge in [0.1, 0.15) is 24.1 Å². The number of methoxy groups -OCH3 is 1. The lowest BCUT2D eigenvalue weighted by atomic mass is 9.95. The summed E-state index contributed by atoms with van der Waals surface area (Å²) in [4.78, 5) is 22.2. The minimum absolute atomic E-state index is 0.125. The Morgan fingerprint density at radius 1 is 0.974 bits per heavy atom. The minimum atomic E-state index is -0.626. The Bertz CT molecular complexity index is 1370. The van der Waals surface area contributed by atoms with Crippen LogP contribution in [-0.4, -0.2) is 28.9 Å². The van der Waals surface area contributed by atoms with Crippen molar-refractivity contribution in [3.63, 3.8) is 0 Å². The molecule has 0 fully saturated rings. The van der Waals surface area contributed by atoms with Crippen molar-refractivity contribution >= 4 is 11.7 Å². The van der Waals surface area contributed by atoms with Gasteiger partial charge in [-0.15, -0.1) is 0 Å². The van der Waals surface area contributed by atoms with Gasteiger partial charge in [0.2, 0.25) is 5.82 Å². The van der Waals surface area contributed by atoms with Gasteiger partial charge in [0, 0.05) is 5.56 Å². The summed E-state index contributed by atoms with van der Waals surface area (Å²) >= 11 is 0. The quantitative estimate of drug-likeness (QED) is 0.143. The van der Waals surface area contributed by atoms with E-state index in [1.165, 1.54) is 19.2 Å². The number of nitrogens with zero attached hydrogens (tertiary/aromatic N) is 3. The van der Waals surface area contributed by atoms with E-state index in [0.29, 0.717) is 29.6 Å². The third kappa shape index (κ3) is 7.25. The Morgan fingerprint density at radius 2 is 1.66 bits per heavy atom. The van der Waals surface area contributed by atoms with Crippen molar-refractivity contribution in [1.29, 1.82) is 0 Å². The molecular weight excluding hydrogens is 489 g/mol. The first-order valence-electron chi connectivity index (χ1n) is 12.0. The van der Waals surface area contributed by atoms with Gasteiger partial charge in [-0.1, -0.05) is 64.4 Å². The van der Waals surface area contributed by atoms with Gasteiger partial charge in [-0.25, -0.2) is 4.39 Å². The number of esters is 1. The molecule has 4 aromatic rings. The first kappa shape index (κ1) is 26.5. The fraction of sp³-hybridized carbons (Fsp3) is 0.241. The molecule has 0 spiro atoms. The third-order valence-electron chi connectivity index (χ3n) is 5.85. The Hall–Kier alpha value is -4.53. The Morgan fingerprint density at radius 3 is 2.34 bits per heavy atom. The number of benzene rings is 3. The van der Waals surface area contributed by atoms with Crippen molar-refractivity contribution < 1.29 is 28.0 Å². The number of hydrogen-bond donors (Lipinski definition) is 0. The van der Waals surface area contributed by atoms with E-state index < -0.39 is 11.9 Å². The summed E-state index contributed by atoms with van der Waals surface area (Å²) in [5.41, 5.74) is 4.15. The van der Waals surface area contributed by atoms with Crippen LogP contribution in [0.1, 0.15) is 29.5 Å². The van der Waals surface area contributed by atoms with E-state index >= 15 is 0 Å². The van der Waals surface area contributed by atoms with Gasteiger partial charge in [-0.3, -0.25) is 4.79 Å². The molecule has 1 aromatic heterocycles. The number of carbonyl (C=O) groups is 1. The molecule has 38 heavy (non-hydrogen) atoms. The normalized spacial score (nSPS) is 12.2. The highest BCUT2D eigenvalue weighted by molar-refractivity contribution is 6.00. The fourth-order valence-electron chi connectivity index (χ4n) is 3.63. The van der Waals surface area contributed by atoms with Crippen molar-refractivity contribution in [2.24, 2.45) is 11.1 Å².